The van der Waals surface area contributed by atoms with Gasteiger partial charge in [0.05, 0.1) is 18.2 Å². The second-order valence-electron chi connectivity index (χ2n) is 8.46. The first-order valence-corrected chi connectivity index (χ1v) is 11.1. The molecule has 8 heteroatoms. The van der Waals surface area contributed by atoms with Gasteiger partial charge in [-0.05, 0) is 58.2 Å². The topological polar surface area (TPSA) is 86.0 Å². The molecule has 0 aromatic carbocycles. The van der Waals surface area contributed by atoms with Crippen molar-refractivity contribution >= 4 is 5.91 Å². The second kappa shape index (κ2) is 9.56. The summed E-state index contributed by atoms with van der Waals surface area (Å²) in [7, 11) is 0. The fourth-order valence-electron chi connectivity index (χ4n) is 4.19. The van der Waals surface area contributed by atoms with Crippen LogP contribution in [-0.2, 0) is 22.5 Å². The molecule has 0 saturated carbocycles. The van der Waals surface area contributed by atoms with Crippen LogP contribution in [0.25, 0.3) is 5.95 Å². The number of carbonyl (C=O) groups excluding carboxylic acids is 1. The van der Waals surface area contributed by atoms with Gasteiger partial charge in [0.15, 0.2) is 0 Å². The molecule has 0 radical (unpaired) electrons. The predicted octanol–water partition coefficient (Wildman–Crippen LogP) is 3.04. The number of rotatable bonds is 7. The Hall–Kier alpha value is -3.13. The molecule has 1 saturated heterocycles. The number of carbonyl (C=O) groups is 1. The summed E-state index contributed by atoms with van der Waals surface area (Å²) in [5.41, 5.74) is 5.40. The lowest BCUT2D eigenvalue weighted by atomic mass is 10.1. The molecule has 1 fully saturated rings. The van der Waals surface area contributed by atoms with Crippen molar-refractivity contribution in [2.45, 2.75) is 59.6 Å². The Kier molecular flexibility index (Phi) is 6.60. The maximum Gasteiger partial charge on any atom is 0.251 e. The number of amides is 1. The average molecular weight is 435 g/mol. The number of nitrogens with zero attached hydrogens (tertiary/aromatic N) is 6. The number of ether oxygens (including phenoxy) is 1. The Morgan fingerprint density at radius 1 is 1.22 bits per heavy atom. The van der Waals surface area contributed by atoms with Gasteiger partial charge in [-0.2, -0.15) is 5.10 Å². The molecule has 1 amide bonds. The smallest absolute Gasteiger partial charge is 0.251 e. The highest BCUT2D eigenvalue weighted by molar-refractivity contribution is 5.79. The standard InChI is InChI=1S/C24H30N6O2/c1-16-11-17(2)27-24(26-16)30-19(4)22(18(3)28-30)12-23(31)29(15-21-8-6-10-32-21)14-20-7-5-9-25-13-20/h5,7,9,11,13,21H,6,8,10,12,14-15H2,1-4H3. The molecule has 8 nitrogen and oxygen atoms in total. The Bertz CT molecular complexity index is 1070. The summed E-state index contributed by atoms with van der Waals surface area (Å²) in [6.07, 6.45) is 5.93. The van der Waals surface area contributed by atoms with Crippen LogP contribution in [0.2, 0.25) is 0 Å². The predicted molar refractivity (Wildman–Crippen MR) is 120 cm³/mol. The van der Waals surface area contributed by atoms with Crippen molar-refractivity contribution in [3.05, 3.63) is 64.5 Å². The number of hydrogen-bond donors (Lipinski definition) is 0. The summed E-state index contributed by atoms with van der Waals surface area (Å²) in [6, 6.07) is 5.82. The van der Waals surface area contributed by atoms with E-state index in [0.29, 0.717) is 19.0 Å². The van der Waals surface area contributed by atoms with Crippen molar-refractivity contribution < 1.29 is 9.53 Å². The molecule has 0 bridgehead atoms. The van der Waals surface area contributed by atoms with E-state index in [2.05, 4.69) is 20.1 Å². The van der Waals surface area contributed by atoms with E-state index in [-0.39, 0.29) is 18.4 Å². The van der Waals surface area contributed by atoms with Gasteiger partial charge in [-0.25, -0.2) is 14.6 Å². The Morgan fingerprint density at radius 3 is 2.66 bits per heavy atom. The van der Waals surface area contributed by atoms with Gasteiger partial charge >= 0.3 is 0 Å². The lowest BCUT2D eigenvalue weighted by Crippen LogP contribution is -2.38. The minimum atomic E-state index is 0.0523. The van der Waals surface area contributed by atoms with E-state index in [1.807, 2.05) is 57.0 Å². The molecule has 168 valence electrons. The molecule has 0 spiro atoms. The molecule has 32 heavy (non-hydrogen) atoms. The third-order valence-electron chi connectivity index (χ3n) is 5.83. The summed E-state index contributed by atoms with van der Waals surface area (Å²) in [4.78, 5) is 28.6. The highest BCUT2D eigenvalue weighted by Crippen LogP contribution is 2.20. The number of aryl methyl sites for hydroxylation is 3. The Morgan fingerprint density at radius 2 is 2.00 bits per heavy atom. The minimum absolute atomic E-state index is 0.0523. The van der Waals surface area contributed by atoms with Crippen LogP contribution in [-0.4, -0.2) is 54.8 Å². The third kappa shape index (κ3) is 5.02. The molecular formula is C24H30N6O2. The van der Waals surface area contributed by atoms with Crippen LogP contribution in [0.4, 0.5) is 0 Å². The Labute approximate surface area is 188 Å². The molecule has 0 aliphatic carbocycles. The highest BCUT2D eigenvalue weighted by Gasteiger charge is 2.25. The first-order chi connectivity index (χ1) is 15.4. The molecule has 3 aromatic heterocycles. The van der Waals surface area contributed by atoms with Crippen LogP contribution in [0.5, 0.6) is 0 Å². The Balaban J connectivity index is 1.57. The SMILES string of the molecule is Cc1cc(C)nc(-n2nc(C)c(CC(=O)N(Cc3cccnc3)CC3CCCO3)c2C)n1. The van der Waals surface area contributed by atoms with Crippen LogP contribution in [0.3, 0.4) is 0 Å². The fraction of sp³-hybridized carbons (Fsp3) is 0.458. The summed E-state index contributed by atoms with van der Waals surface area (Å²) in [5, 5.41) is 4.65. The zero-order valence-corrected chi connectivity index (χ0v) is 19.2. The van der Waals surface area contributed by atoms with Crippen molar-refractivity contribution in [2.24, 2.45) is 0 Å². The van der Waals surface area contributed by atoms with Gasteiger partial charge in [0.2, 0.25) is 5.91 Å². The van der Waals surface area contributed by atoms with E-state index in [1.54, 1.807) is 10.9 Å². The first kappa shape index (κ1) is 22.1. The highest BCUT2D eigenvalue weighted by atomic mass is 16.5. The molecule has 1 aliphatic rings. The molecule has 0 N–H and O–H groups in total. The molecule has 3 aromatic rings. The normalized spacial score (nSPS) is 15.8. The quantitative estimate of drug-likeness (QED) is 0.568. The maximum atomic E-state index is 13.4. The van der Waals surface area contributed by atoms with Crippen LogP contribution in [0.15, 0.2) is 30.6 Å². The van der Waals surface area contributed by atoms with Gasteiger partial charge in [0, 0.05) is 54.7 Å². The van der Waals surface area contributed by atoms with E-state index < -0.39 is 0 Å². The maximum absolute atomic E-state index is 13.4. The van der Waals surface area contributed by atoms with E-state index in [1.165, 1.54) is 0 Å². The van der Waals surface area contributed by atoms with Gasteiger partial charge in [0.1, 0.15) is 0 Å². The number of pyridine rings is 1. The first-order valence-electron chi connectivity index (χ1n) is 11.1. The molecule has 1 aliphatic heterocycles. The van der Waals surface area contributed by atoms with E-state index in [9.17, 15) is 4.79 Å². The number of aromatic nitrogens is 5. The molecule has 1 atom stereocenters. The van der Waals surface area contributed by atoms with Gasteiger partial charge in [-0.1, -0.05) is 6.07 Å². The van der Waals surface area contributed by atoms with Crippen molar-refractivity contribution in [1.82, 2.24) is 29.6 Å². The van der Waals surface area contributed by atoms with Gasteiger partial charge in [-0.15, -0.1) is 0 Å². The van der Waals surface area contributed by atoms with Crippen LogP contribution < -0.4 is 0 Å². The van der Waals surface area contributed by atoms with Crippen molar-refractivity contribution in [2.75, 3.05) is 13.2 Å². The van der Waals surface area contributed by atoms with Gasteiger partial charge < -0.3 is 9.64 Å². The van der Waals surface area contributed by atoms with Crippen LogP contribution >= 0.6 is 0 Å². The molecule has 4 heterocycles. The van der Waals surface area contributed by atoms with Crippen LogP contribution in [0, 0.1) is 27.7 Å². The minimum Gasteiger partial charge on any atom is -0.376 e. The molecule has 4 rings (SSSR count). The van der Waals surface area contributed by atoms with E-state index in [0.717, 1.165) is 53.4 Å². The van der Waals surface area contributed by atoms with E-state index >= 15 is 0 Å². The molecular weight excluding hydrogens is 404 g/mol. The van der Waals surface area contributed by atoms with Crippen molar-refractivity contribution in [1.29, 1.82) is 0 Å². The summed E-state index contributed by atoms with van der Waals surface area (Å²) in [6.45, 7) is 9.64. The van der Waals surface area contributed by atoms with Crippen LogP contribution in [0.1, 0.15) is 46.7 Å². The zero-order valence-electron chi connectivity index (χ0n) is 19.2. The average Bonchev–Trinajstić information content (AvgIpc) is 3.37. The van der Waals surface area contributed by atoms with Gasteiger partial charge in [0.25, 0.3) is 5.95 Å². The van der Waals surface area contributed by atoms with Gasteiger partial charge in [-0.3, -0.25) is 9.78 Å². The van der Waals surface area contributed by atoms with Crippen molar-refractivity contribution in [3.63, 3.8) is 0 Å². The third-order valence-corrected chi connectivity index (χ3v) is 5.83. The van der Waals surface area contributed by atoms with E-state index in [4.69, 9.17) is 4.74 Å². The summed E-state index contributed by atoms with van der Waals surface area (Å²) in [5.74, 6) is 0.588. The van der Waals surface area contributed by atoms with Crippen molar-refractivity contribution in [3.8, 4) is 5.95 Å². The lowest BCUT2D eigenvalue weighted by molar-refractivity contribution is -0.132. The zero-order chi connectivity index (χ0) is 22.7. The lowest BCUT2D eigenvalue weighted by Gasteiger charge is -2.25. The summed E-state index contributed by atoms with van der Waals surface area (Å²) >= 11 is 0. The fourth-order valence-corrected chi connectivity index (χ4v) is 4.19. The molecule has 1 unspecified atom stereocenters. The number of hydrogen-bond acceptors (Lipinski definition) is 6. The largest absolute Gasteiger partial charge is 0.376 e. The second-order valence-corrected chi connectivity index (χ2v) is 8.46. The summed E-state index contributed by atoms with van der Waals surface area (Å²) < 4.78 is 7.55. The monoisotopic (exact) mass is 434 g/mol.